The number of carbonyl (C=O) groups is 1. The second-order valence-corrected chi connectivity index (χ2v) is 6.29. The molecule has 0 aliphatic heterocycles. The zero-order valence-corrected chi connectivity index (χ0v) is 11.9. The smallest absolute Gasteiger partial charge is 0.234 e. The van der Waals surface area contributed by atoms with Crippen molar-refractivity contribution in [3.63, 3.8) is 0 Å². The van der Waals surface area contributed by atoms with Crippen LogP contribution in [0.2, 0.25) is 0 Å². The quantitative estimate of drug-likeness (QED) is 0.806. The number of aromatic nitrogens is 2. The van der Waals surface area contributed by atoms with E-state index in [2.05, 4.69) is 10.1 Å². The number of fused-ring (bicyclic) bond motifs is 2. The van der Waals surface area contributed by atoms with Gasteiger partial charge in [0.2, 0.25) is 5.89 Å². The van der Waals surface area contributed by atoms with Crippen LogP contribution < -0.4 is 0 Å². The second-order valence-electron chi connectivity index (χ2n) is 6.29. The van der Waals surface area contributed by atoms with Crippen molar-refractivity contribution in [1.29, 1.82) is 0 Å². The summed E-state index contributed by atoms with van der Waals surface area (Å²) in [7, 11) is 0. The van der Waals surface area contributed by atoms with Gasteiger partial charge >= 0.3 is 0 Å². The predicted octanol–water partition coefficient (Wildman–Crippen LogP) is 3.40. The van der Waals surface area contributed by atoms with Crippen molar-refractivity contribution < 1.29 is 9.32 Å². The third-order valence-corrected chi connectivity index (χ3v) is 4.96. The lowest BCUT2D eigenvalue weighted by Crippen LogP contribution is -2.10. The van der Waals surface area contributed by atoms with Gasteiger partial charge in [-0.1, -0.05) is 41.9 Å². The average Bonchev–Trinajstić information content (AvgIpc) is 3.24. The summed E-state index contributed by atoms with van der Waals surface area (Å²) in [5, 5.41) is 4.13. The molecule has 108 valence electrons. The zero-order chi connectivity index (χ0) is 14.2. The Kier molecular flexibility index (Phi) is 3.09. The minimum atomic E-state index is 0.0266. The molecule has 2 aliphatic carbocycles. The molecule has 2 fully saturated rings. The Morgan fingerprint density at radius 1 is 1.19 bits per heavy atom. The molecule has 0 amide bonds. The van der Waals surface area contributed by atoms with Crippen LogP contribution in [0.25, 0.3) is 0 Å². The molecule has 3 unspecified atom stereocenters. The topological polar surface area (TPSA) is 56.0 Å². The van der Waals surface area contributed by atoms with Gasteiger partial charge in [-0.25, -0.2) is 0 Å². The maximum atomic E-state index is 12.1. The van der Waals surface area contributed by atoms with Gasteiger partial charge in [-0.3, -0.25) is 4.79 Å². The van der Waals surface area contributed by atoms with Gasteiger partial charge in [-0.2, -0.15) is 4.98 Å². The minimum absolute atomic E-state index is 0.0266. The highest BCUT2D eigenvalue weighted by Crippen LogP contribution is 2.52. The first-order valence-corrected chi connectivity index (χ1v) is 7.70. The fraction of sp³-hybridized carbons (Fsp3) is 0.471. The molecule has 2 saturated carbocycles. The van der Waals surface area contributed by atoms with Gasteiger partial charge in [-0.05, 0) is 31.1 Å². The molecule has 2 bridgehead atoms. The van der Waals surface area contributed by atoms with Gasteiger partial charge in [0.25, 0.3) is 0 Å². The van der Waals surface area contributed by atoms with Crippen LogP contribution in [0, 0.1) is 11.8 Å². The van der Waals surface area contributed by atoms with E-state index in [-0.39, 0.29) is 12.2 Å². The average molecular weight is 282 g/mol. The molecule has 2 aliphatic rings. The molecule has 4 nitrogen and oxygen atoms in total. The number of carbonyl (C=O) groups excluding carboxylic acids is 1. The van der Waals surface area contributed by atoms with E-state index in [1.165, 1.54) is 25.7 Å². The van der Waals surface area contributed by atoms with E-state index in [1.54, 1.807) is 0 Å². The molecule has 1 heterocycles. The van der Waals surface area contributed by atoms with E-state index < -0.39 is 0 Å². The lowest BCUT2D eigenvalue weighted by Gasteiger charge is -2.17. The molecule has 2 aromatic rings. The summed E-state index contributed by atoms with van der Waals surface area (Å²) in [6, 6.07) is 9.26. The molecular weight excluding hydrogens is 264 g/mol. The van der Waals surface area contributed by atoms with E-state index in [0.29, 0.717) is 17.4 Å². The van der Waals surface area contributed by atoms with Crippen molar-refractivity contribution >= 4 is 5.78 Å². The fourth-order valence-electron chi connectivity index (χ4n) is 3.91. The van der Waals surface area contributed by atoms with Crippen LogP contribution in [0.3, 0.4) is 0 Å². The first-order chi connectivity index (χ1) is 10.3. The Morgan fingerprint density at radius 3 is 2.76 bits per heavy atom. The highest BCUT2D eigenvalue weighted by atomic mass is 16.5. The summed E-state index contributed by atoms with van der Waals surface area (Å²) in [5.41, 5.74) is 0.692. The van der Waals surface area contributed by atoms with Crippen LogP contribution in [0.1, 0.15) is 53.7 Å². The molecular formula is C17H18N2O2. The molecule has 0 N–H and O–H groups in total. The summed E-state index contributed by atoms with van der Waals surface area (Å²) >= 11 is 0. The minimum Gasteiger partial charge on any atom is -0.339 e. The number of nitrogens with zero attached hydrogens (tertiary/aromatic N) is 2. The SMILES string of the molecule is O=C(Cc1nc(C2CC3CCC2C3)no1)c1ccccc1. The number of hydrogen-bond donors (Lipinski definition) is 0. The van der Waals surface area contributed by atoms with E-state index in [4.69, 9.17) is 4.52 Å². The predicted molar refractivity (Wildman–Crippen MR) is 77.0 cm³/mol. The summed E-state index contributed by atoms with van der Waals surface area (Å²) in [4.78, 5) is 16.6. The molecule has 0 radical (unpaired) electrons. The number of hydrogen-bond acceptors (Lipinski definition) is 4. The van der Waals surface area contributed by atoms with Crippen LogP contribution in [-0.4, -0.2) is 15.9 Å². The maximum absolute atomic E-state index is 12.1. The van der Waals surface area contributed by atoms with Gasteiger partial charge in [0.1, 0.15) is 0 Å². The molecule has 21 heavy (non-hydrogen) atoms. The van der Waals surface area contributed by atoms with Crippen molar-refractivity contribution in [2.75, 3.05) is 0 Å². The van der Waals surface area contributed by atoms with Crippen molar-refractivity contribution in [3.05, 3.63) is 47.6 Å². The van der Waals surface area contributed by atoms with Crippen molar-refractivity contribution in [1.82, 2.24) is 10.1 Å². The van der Waals surface area contributed by atoms with E-state index >= 15 is 0 Å². The van der Waals surface area contributed by atoms with Gasteiger partial charge in [0, 0.05) is 11.5 Å². The standard InChI is InChI=1S/C17H18N2O2/c20-15(12-4-2-1-3-5-12)10-16-18-17(19-21-16)14-9-11-6-7-13(14)8-11/h1-5,11,13-14H,6-10H2. The Balaban J connectivity index is 1.47. The molecule has 1 aromatic heterocycles. The number of Topliss-reactive ketones (excluding diaryl/α,β-unsaturated/α-hetero) is 1. The number of benzene rings is 1. The van der Waals surface area contributed by atoms with Crippen LogP contribution in [0.4, 0.5) is 0 Å². The lowest BCUT2D eigenvalue weighted by atomic mass is 9.88. The monoisotopic (exact) mass is 282 g/mol. The van der Waals surface area contributed by atoms with Gasteiger partial charge in [0.15, 0.2) is 11.6 Å². The first-order valence-electron chi connectivity index (χ1n) is 7.70. The van der Waals surface area contributed by atoms with Gasteiger partial charge in [0.05, 0.1) is 6.42 Å². The second kappa shape index (κ2) is 5.10. The molecule has 4 heteroatoms. The highest BCUT2D eigenvalue weighted by Gasteiger charge is 2.42. The molecule has 1 aromatic carbocycles. The third kappa shape index (κ3) is 2.39. The van der Waals surface area contributed by atoms with Crippen molar-refractivity contribution in [2.24, 2.45) is 11.8 Å². The molecule has 4 rings (SSSR count). The Hall–Kier alpha value is -1.97. The lowest BCUT2D eigenvalue weighted by molar-refractivity contribution is 0.0983. The Morgan fingerprint density at radius 2 is 2.05 bits per heavy atom. The summed E-state index contributed by atoms with van der Waals surface area (Å²) in [6.45, 7) is 0. The Bertz CT molecular complexity index is 650. The van der Waals surface area contributed by atoms with E-state index in [0.717, 1.165) is 17.7 Å². The zero-order valence-electron chi connectivity index (χ0n) is 11.9. The first kappa shape index (κ1) is 12.7. The maximum Gasteiger partial charge on any atom is 0.234 e. The summed E-state index contributed by atoms with van der Waals surface area (Å²) < 4.78 is 5.29. The van der Waals surface area contributed by atoms with Gasteiger partial charge < -0.3 is 4.52 Å². The normalized spacial score (nSPS) is 27.1. The van der Waals surface area contributed by atoms with Crippen molar-refractivity contribution in [3.8, 4) is 0 Å². The largest absolute Gasteiger partial charge is 0.339 e. The fourth-order valence-corrected chi connectivity index (χ4v) is 3.91. The Labute approximate surface area is 123 Å². The van der Waals surface area contributed by atoms with Crippen LogP contribution in [0.5, 0.6) is 0 Å². The van der Waals surface area contributed by atoms with Crippen LogP contribution >= 0.6 is 0 Å². The third-order valence-electron chi connectivity index (χ3n) is 4.96. The molecule has 0 spiro atoms. The van der Waals surface area contributed by atoms with Crippen LogP contribution in [-0.2, 0) is 6.42 Å². The van der Waals surface area contributed by atoms with E-state index in [9.17, 15) is 4.79 Å². The van der Waals surface area contributed by atoms with E-state index in [1.807, 2.05) is 30.3 Å². The molecule has 3 atom stereocenters. The van der Waals surface area contributed by atoms with Gasteiger partial charge in [-0.15, -0.1) is 0 Å². The van der Waals surface area contributed by atoms with Crippen LogP contribution in [0.15, 0.2) is 34.9 Å². The number of rotatable bonds is 4. The highest BCUT2D eigenvalue weighted by molar-refractivity contribution is 5.96. The summed E-state index contributed by atoms with van der Waals surface area (Å²) in [5.74, 6) is 3.32. The van der Waals surface area contributed by atoms with Crippen molar-refractivity contribution in [2.45, 2.75) is 38.0 Å². The molecule has 0 saturated heterocycles. The summed E-state index contributed by atoms with van der Waals surface area (Å²) in [6.07, 6.45) is 5.35. The number of ketones is 1.